The second-order valence-corrected chi connectivity index (χ2v) is 6.44. The van der Waals surface area contributed by atoms with Gasteiger partial charge in [-0.2, -0.15) is 5.10 Å². The van der Waals surface area contributed by atoms with Gasteiger partial charge in [-0.25, -0.2) is 0 Å². The molecule has 0 spiro atoms. The molecule has 1 aliphatic heterocycles. The average Bonchev–Trinajstić information content (AvgIpc) is 3.12. The monoisotopic (exact) mass is 362 g/mol. The summed E-state index contributed by atoms with van der Waals surface area (Å²) in [6.07, 6.45) is 7.63. The highest BCUT2D eigenvalue weighted by Gasteiger charge is 2.17. The molecule has 6 heteroatoms. The molecule has 1 fully saturated rings. The molecule has 1 aromatic heterocycles. The SMILES string of the molecule is CCCCc1ccc(NC(=O)c2ccn(C3CCCNC3)n2)cc1.Cl. The summed E-state index contributed by atoms with van der Waals surface area (Å²) in [5.74, 6) is -0.154. The third-order valence-electron chi connectivity index (χ3n) is 4.52. The fraction of sp³-hybridized carbons (Fsp3) is 0.474. The van der Waals surface area contributed by atoms with Crippen LogP contribution in [0.4, 0.5) is 5.69 Å². The van der Waals surface area contributed by atoms with Gasteiger partial charge < -0.3 is 10.6 Å². The number of hydrogen-bond donors (Lipinski definition) is 2. The summed E-state index contributed by atoms with van der Waals surface area (Å²) in [6, 6.07) is 10.2. The number of amides is 1. The largest absolute Gasteiger partial charge is 0.321 e. The van der Waals surface area contributed by atoms with Gasteiger partial charge in [0.25, 0.3) is 5.91 Å². The third-order valence-corrected chi connectivity index (χ3v) is 4.52. The number of hydrogen-bond acceptors (Lipinski definition) is 3. The Balaban J connectivity index is 0.00000225. The molecule has 0 bridgehead atoms. The molecule has 1 saturated heterocycles. The van der Waals surface area contributed by atoms with Crippen molar-refractivity contribution in [3.63, 3.8) is 0 Å². The molecule has 1 atom stereocenters. The van der Waals surface area contributed by atoms with E-state index < -0.39 is 0 Å². The van der Waals surface area contributed by atoms with Gasteiger partial charge in [0.1, 0.15) is 0 Å². The molecule has 0 radical (unpaired) electrons. The molecule has 1 aromatic carbocycles. The predicted octanol–water partition coefficient (Wildman–Crippen LogP) is 3.82. The number of carbonyl (C=O) groups is 1. The first-order valence-electron chi connectivity index (χ1n) is 8.92. The van der Waals surface area contributed by atoms with Crippen LogP contribution in [-0.4, -0.2) is 28.8 Å². The Morgan fingerprint density at radius 3 is 2.80 bits per heavy atom. The van der Waals surface area contributed by atoms with E-state index in [-0.39, 0.29) is 18.3 Å². The third kappa shape index (κ3) is 5.31. The van der Waals surface area contributed by atoms with Crippen LogP contribution in [0, 0.1) is 0 Å². The molecule has 1 aliphatic rings. The van der Waals surface area contributed by atoms with Gasteiger partial charge in [-0.15, -0.1) is 12.4 Å². The van der Waals surface area contributed by atoms with Crippen molar-refractivity contribution in [1.82, 2.24) is 15.1 Å². The highest BCUT2D eigenvalue weighted by molar-refractivity contribution is 6.02. The van der Waals surface area contributed by atoms with Crippen molar-refractivity contribution in [2.24, 2.45) is 0 Å². The Hall–Kier alpha value is -1.85. The Kier molecular flexibility index (Phi) is 7.47. The normalized spacial score (nSPS) is 16.9. The van der Waals surface area contributed by atoms with Crippen LogP contribution in [0.25, 0.3) is 0 Å². The molecular weight excluding hydrogens is 336 g/mol. The average molecular weight is 363 g/mol. The number of aryl methyl sites for hydroxylation is 1. The molecule has 25 heavy (non-hydrogen) atoms. The quantitative estimate of drug-likeness (QED) is 0.821. The van der Waals surface area contributed by atoms with Crippen molar-refractivity contribution in [1.29, 1.82) is 0 Å². The Morgan fingerprint density at radius 2 is 2.12 bits per heavy atom. The molecule has 2 aromatic rings. The lowest BCUT2D eigenvalue weighted by atomic mass is 10.1. The van der Waals surface area contributed by atoms with Gasteiger partial charge in [0.05, 0.1) is 6.04 Å². The highest BCUT2D eigenvalue weighted by Crippen LogP contribution is 2.17. The van der Waals surface area contributed by atoms with Crippen LogP contribution in [0.1, 0.15) is 54.7 Å². The molecule has 0 aliphatic carbocycles. The van der Waals surface area contributed by atoms with Gasteiger partial charge in [-0.05, 0) is 56.0 Å². The lowest BCUT2D eigenvalue weighted by Gasteiger charge is -2.22. The number of nitrogens with zero attached hydrogens (tertiary/aromatic N) is 2. The Bertz CT molecular complexity index is 662. The van der Waals surface area contributed by atoms with Crippen molar-refractivity contribution in [3.8, 4) is 0 Å². The van der Waals surface area contributed by atoms with E-state index in [4.69, 9.17) is 0 Å². The zero-order valence-corrected chi connectivity index (χ0v) is 15.5. The second kappa shape index (κ2) is 9.59. The zero-order chi connectivity index (χ0) is 16.8. The first kappa shape index (κ1) is 19.5. The Morgan fingerprint density at radius 1 is 1.32 bits per heavy atom. The van der Waals surface area contributed by atoms with E-state index in [9.17, 15) is 4.79 Å². The van der Waals surface area contributed by atoms with E-state index in [1.807, 2.05) is 23.0 Å². The van der Waals surface area contributed by atoms with Crippen LogP contribution in [0.5, 0.6) is 0 Å². The minimum Gasteiger partial charge on any atom is -0.321 e. The first-order valence-corrected chi connectivity index (χ1v) is 8.92. The van der Waals surface area contributed by atoms with E-state index in [0.717, 1.165) is 38.0 Å². The van der Waals surface area contributed by atoms with Crippen LogP contribution in [0.15, 0.2) is 36.5 Å². The van der Waals surface area contributed by atoms with E-state index in [0.29, 0.717) is 11.7 Å². The summed E-state index contributed by atoms with van der Waals surface area (Å²) in [7, 11) is 0. The van der Waals surface area contributed by atoms with E-state index in [2.05, 4.69) is 34.8 Å². The van der Waals surface area contributed by atoms with Crippen LogP contribution >= 0.6 is 12.4 Å². The number of rotatable bonds is 6. The van der Waals surface area contributed by atoms with Crippen LogP contribution in [0.3, 0.4) is 0 Å². The summed E-state index contributed by atoms with van der Waals surface area (Å²) in [5, 5.41) is 10.8. The summed E-state index contributed by atoms with van der Waals surface area (Å²) in [6.45, 7) is 4.18. The number of carbonyl (C=O) groups excluding carboxylic acids is 1. The molecule has 5 nitrogen and oxygen atoms in total. The van der Waals surface area contributed by atoms with Gasteiger partial charge >= 0.3 is 0 Å². The number of nitrogens with one attached hydrogen (secondary N) is 2. The topological polar surface area (TPSA) is 59.0 Å². The number of piperidine rings is 1. The second-order valence-electron chi connectivity index (χ2n) is 6.44. The van der Waals surface area contributed by atoms with Crippen molar-refractivity contribution >= 4 is 24.0 Å². The molecule has 3 rings (SSSR count). The zero-order valence-electron chi connectivity index (χ0n) is 14.7. The number of aromatic nitrogens is 2. The van der Waals surface area contributed by atoms with Gasteiger partial charge in [-0.3, -0.25) is 9.48 Å². The summed E-state index contributed by atoms with van der Waals surface area (Å²) in [5.41, 5.74) is 2.59. The summed E-state index contributed by atoms with van der Waals surface area (Å²) >= 11 is 0. The highest BCUT2D eigenvalue weighted by atomic mass is 35.5. The van der Waals surface area contributed by atoms with Crippen molar-refractivity contribution in [2.45, 2.75) is 45.1 Å². The lowest BCUT2D eigenvalue weighted by Crippen LogP contribution is -2.32. The smallest absolute Gasteiger partial charge is 0.276 e. The van der Waals surface area contributed by atoms with Crippen LogP contribution < -0.4 is 10.6 Å². The van der Waals surface area contributed by atoms with Crippen molar-refractivity contribution < 1.29 is 4.79 Å². The predicted molar refractivity (Wildman–Crippen MR) is 104 cm³/mol. The molecule has 2 heterocycles. The molecule has 136 valence electrons. The maximum atomic E-state index is 12.4. The van der Waals surface area contributed by atoms with Gasteiger partial charge in [0, 0.05) is 18.4 Å². The van der Waals surface area contributed by atoms with E-state index >= 15 is 0 Å². The maximum Gasteiger partial charge on any atom is 0.276 e. The lowest BCUT2D eigenvalue weighted by molar-refractivity contribution is 0.102. The van der Waals surface area contributed by atoms with Gasteiger partial charge in [-0.1, -0.05) is 25.5 Å². The first-order chi connectivity index (χ1) is 11.8. The van der Waals surface area contributed by atoms with Crippen molar-refractivity contribution in [2.75, 3.05) is 18.4 Å². The van der Waals surface area contributed by atoms with E-state index in [1.54, 1.807) is 6.07 Å². The van der Waals surface area contributed by atoms with E-state index in [1.165, 1.54) is 18.4 Å². The summed E-state index contributed by atoms with van der Waals surface area (Å²) in [4.78, 5) is 12.4. The minimum atomic E-state index is -0.154. The van der Waals surface area contributed by atoms with Crippen molar-refractivity contribution in [3.05, 3.63) is 47.8 Å². The van der Waals surface area contributed by atoms with Gasteiger partial charge in [0.2, 0.25) is 0 Å². The number of benzene rings is 1. The molecule has 1 unspecified atom stereocenters. The fourth-order valence-corrected chi connectivity index (χ4v) is 3.05. The number of halogens is 1. The minimum absolute atomic E-state index is 0. The van der Waals surface area contributed by atoms with Crippen LogP contribution in [0.2, 0.25) is 0 Å². The number of anilines is 1. The molecule has 0 saturated carbocycles. The van der Waals surface area contributed by atoms with Gasteiger partial charge in [0.15, 0.2) is 5.69 Å². The fourth-order valence-electron chi connectivity index (χ4n) is 3.05. The van der Waals surface area contributed by atoms with Crippen LogP contribution in [-0.2, 0) is 6.42 Å². The number of unbranched alkanes of at least 4 members (excludes halogenated alkanes) is 1. The summed E-state index contributed by atoms with van der Waals surface area (Å²) < 4.78 is 1.91. The maximum absolute atomic E-state index is 12.4. The standard InChI is InChI=1S/C19H26N4O.ClH/c1-2-3-5-15-7-9-16(10-8-15)21-19(24)18-11-13-23(22-18)17-6-4-12-20-14-17;/h7-11,13,17,20H,2-6,12,14H2,1H3,(H,21,24);1H. The molecular formula is C19H27ClN4O. The Labute approximate surface area is 155 Å². The molecule has 1 amide bonds. The molecule has 2 N–H and O–H groups in total.